The Hall–Kier alpha value is -2.34. The van der Waals surface area contributed by atoms with Crippen molar-refractivity contribution in [2.24, 2.45) is 0 Å². The van der Waals surface area contributed by atoms with Crippen molar-refractivity contribution >= 4 is 28.3 Å². The van der Waals surface area contributed by atoms with Gasteiger partial charge in [0.25, 0.3) is 0 Å². The standard InChI is InChI=1S/C14H14N2O3S/c1-9-2-4-10(5-3-9)8-15-14(19)16-12-11(13(17)18)6-7-20-12/h2-7H,8H2,1H3,(H,17,18)(H2,15,16,19). The molecule has 2 aromatic rings. The largest absolute Gasteiger partial charge is 0.478 e. The average molecular weight is 290 g/mol. The van der Waals surface area contributed by atoms with Crippen molar-refractivity contribution in [3.8, 4) is 0 Å². The fraction of sp³-hybridized carbons (Fsp3) is 0.143. The van der Waals surface area contributed by atoms with Crippen molar-refractivity contribution in [1.29, 1.82) is 0 Å². The predicted molar refractivity (Wildman–Crippen MR) is 78.3 cm³/mol. The van der Waals surface area contributed by atoms with Gasteiger partial charge in [-0.25, -0.2) is 9.59 Å². The number of carboxylic acid groups (broad SMARTS) is 1. The van der Waals surface area contributed by atoms with Gasteiger partial charge in [-0.2, -0.15) is 0 Å². The second kappa shape index (κ2) is 6.21. The van der Waals surface area contributed by atoms with E-state index in [0.717, 1.165) is 11.1 Å². The first-order valence-corrected chi connectivity index (χ1v) is 6.85. The molecule has 104 valence electrons. The number of amides is 2. The lowest BCUT2D eigenvalue weighted by atomic mass is 10.1. The van der Waals surface area contributed by atoms with Crippen LogP contribution in [0.1, 0.15) is 21.5 Å². The van der Waals surface area contributed by atoms with Crippen LogP contribution in [0.25, 0.3) is 0 Å². The van der Waals surface area contributed by atoms with Gasteiger partial charge < -0.3 is 10.4 Å². The van der Waals surface area contributed by atoms with Gasteiger partial charge >= 0.3 is 12.0 Å². The summed E-state index contributed by atoms with van der Waals surface area (Å²) in [6.07, 6.45) is 0. The van der Waals surface area contributed by atoms with Crippen LogP contribution in [-0.2, 0) is 6.54 Å². The quantitative estimate of drug-likeness (QED) is 0.809. The first-order chi connectivity index (χ1) is 9.56. The SMILES string of the molecule is Cc1ccc(CNC(=O)Nc2sccc2C(=O)O)cc1. The number of hydrogen-bond donors (Lipinski definition) is 3. The molecule has 0 saturated heterocycles. The molecule has 2 rings (SSSR count). The first kappa shape index (κ1) is 14.1. The number of aryl methyl sites for hydroxylation is 1. The molecular formula is C14H14N2O3S. The Bertz CT molecular complexity index is 620. The highest BCUT2D eigenvalue weighted by Crippen LogP contribution is 2.22. The monoisotopic (exact) mass is 290 g/mol. The topological polar surface area (TPSA) is 78.4 Å². The molecular weight excluding hydrogens is 276 g/mol. The van der Waals surface area contributed by atoms with Crippen LogP contribution in [0, 0.1) is 6.92 Å². The van der Waals surface area contributed by atoms with Gasteiger partial charge in [-0.3, -0.25) is 5.32 Å². The number of carbonyl (C=O) groups is 2. The molecule has 1 aromatic heterocycles. The summed E-state index contributed by atoms with van der Waals surface area (Å²) >= 11 is 1.18. The number of rotatable bonds is 4. The minimum Gasteiger partial charge on any atom is -0.478 e. The number of urea groups is 1. The van der Waals surface area contributed by atoms with Crippen LogP contribution < -0.4 is 10.6 Å². The molecule has 0 aliphatic rings. The van der Waals surface area contributed by atoms with Crippen molar-refractivity contribution in [3.63, 3.8) is 0 Å². The number of hydrogen-bond acceptors (Lipinski definition) is 3. The Labute approximate surface area is 120 Å². The molecule has 0 aliphatic carbocycles. The van der Waals surface area contributed by atoms with Gasteiger partial charge in [-0.1, -0.05) is 29.8 Å². The lowest BCUT2D eigenvalue weighted by Crippen LogP contribution is -2.28. The highest BCUT2D eigenvalue weighted by molar-refractivity contribution is 7.14. The molecule has 0 spiro atoms. The number of anilines is 1. The smallest absolute Gasteiger partial charge is 0.338 e. The van der Waals surface area contributed by atoms with Gasteiger partial charge in [0.15, 0.2) is 0 Å². The molecule has 2 amide bonds. The summed E-state index contributed by atoms with van der Waals surface area (Å²) in [6, 6.07) is 8.85. The summed E-state index contributed by atoms with van der Waals surface area (Å²) in [5.41, 5.74) is 2.23. The number of benzene rings is 1. The van der Waals surface area contributed by atoms with Gasteiger partial charge in [0.05, 0.1) is 5.56 Å². The fourth-order valence-electron chi connectivity index (χ4n) is 1.61. The van der Waals surface area contributed by atoms with E-state index in [9.17, 15) is 9.59 Å². The van der Waals surface area contributed by atoms with Crippen LogP contribution in [-0.4, -0.2) is 17.1 Å². The number of thiophene rings is 1. The molecule has 0 fully saturated rings. The van der Waals surface area contributed by atoms with E-state index in [1.54, 1.807) is 5.38 Å². The molecule has 0 saturated carbocycles. The minimum atomic E-state index is -1.06. The molecule has 0 atom stereocenters. The van der Waals surface area contributed by atoms with Crippen molar-refractivity contribution in [3.05, 3.63) is 52.4 Å². The highest BCUT2D eigenvalue weighted by atomic mass is 32.1. The van der Waals surface area contributed by atoms with Gasteiger partial charge in [0.1, 0.15) is 5.00 Å². The molecule has 5 nitrogen and oxygen atoms in total. The van der Waals surface area contributed by atoms with Crippen molar-refractivity contribution in [2.75, 3.05) is 5.32 Å². The number of carbonyl (C=O) groups excluding carboxylic acids is 1. The third-order valence-electron chi connectivity index (χ3n) is 2.70. The van der Waals surface area contributed by atoms with Crippen LogP contribution in [0.4, 0.5) is 9.80 Å². The molecule has 0 radical (unpaired) electrons. The van der Waals surface area contributed by atoms with Crippen LogP contribution in [0.5, 0.6) is 0 Å². The van der Waals surface area contributed by atoms with Crippen LogP contribution >= 0.6 is 11.3 Å². The van der Waals surface area contributed by atoms with Gasteiger partial charge in [0.2, 0.25) is 0 Å². The van der Waals surface area contributed by atoms with Crippen molar-refractivity contribution in [1.82, 2.24) is 5.32 Å². The number of aromatic carboxylic acids is 1. The zero-order valence-electron chi connectivity index (χ0n) is 10.8. The number of carboxylic acids is 1. The zero-order chi connectivity index (χ0) is 14.5. The fourth-order valence-corrected chi connectivity index (χ4v) is 2.38. The summed E-state index contributed by atoms with van der Waals surface area (Å²) < 4.78 is 0. The Morgan fingerprint density at radius 2 is 1.90 bits per heavy atom. The molecule has 0 unspecified atom stereocenters. The lowest BCUT2D eigenvalue weighted by molar-refractivity contribution is 0.0698. The maximum Gasteiger partial charge on any atom is 0.338 e. The normalized spacial score (nSPS) is 10.1. The maximum absolute atomic E-state index is 11.7. The maximum atomic E-state index is 11.7. The summed E-state index contributed by atoms with van der Waals surface area (Å²) in [5.74, 6) is -1.06. The highest BCUT2D eigenvalue weighted by Gasteiger charge is 2.13. The first-order valence-electron chi connectivity index (χ1n) is 5.97. The lowest BCUT2D eigenvalue weighted by Gasteiger charge is -2.07. The zero-order valence-corrected chi connectivity index (χ0v) is 11.7. The summed E-state index contributed by atoms with van der Waals surface area (Å²) in [7, 11) is 0. The van der Waals surface area contributed by atoms with Gasteiger partial charge in [-0.05, 0) is 23.9 Å². The average Bonchev–Trinajstić information content (AvgIpc) is 2.86. The molecule has 6 heteroatoms. The van der Waals surface area contributed by atoms with E-state index < -0.39 is 12.0 Å². The van der Waals surface area contributed by atoms with Crippen molar-refractivity contribution in [2.45, 2.75) is 13.5 Å². The van der Waals surface area contributed by atoms with Crippen LogP contribution in [0.2, 0.25) is 0 Å². The minimum absolute atomic E-state index is 0.0977. The molecule has 3 N–H and O–H groups in total. The third kappa shape index (κ3) is 3.58. The molecule has 20 heavy (non-hydrogen) atoms. The van der Waals surface area contributed by atoms with E-state index in [-0.39, 0.29) is 5.56 Å². The molecule has 0 aliphatic heterocycles. The van der Waals surface area contributed by atoms with Crippen LogP contribution in [0.15, 0.2) is 35.7 Å². The Balaban J connectivity index is 1.91. The van der Waals surface area contributed by atoms with E-state index in [1.807, 2.05) is 31.2 Å². The summed E-state index contributed by atoms with van der Waals surface area (Å²) in [4.78, 5) is 22.6. The summed E-state index contributed by atoms with van der Waals surface area (Å²) in [6.45, 7) is 2.38. The Morgan fingerprint density at radius 3 is 2.55 bits per heavy atom. The Kier molecular flexibility index (Phi) is 4.37. The third-order valence-corrected chi connectivity index (χ3v) is 3.53. The van der Waals surface area contributed by atoms with Crippen LogP contribution in [0.3, 0.4) is 0 Å². The number of nitrogens with one attached hydrogen (secondary N) is 2. The van der Waals surface area contributed by atoms with E-state index in [1.165, 1.54) is 17.4 Å². The second-order valence-electron chi connectivity index (χ2n) is 4.26. The van der Waals surface area contributed by atoms with E-state index in [2.05, 4.69) is 10.6 Å². The second-order valence-corrected chi connectivity index (χ2v) is 5.18. The van der Waals surface area contributed by atoms with Gasteiger partial charge in [0, 0.05) is 6.54 Å². The molecule has 0 bridgehead atoms. The van der Waals surface area contributed by atoms with Crippen molar-refractivity contribution < 1.29 is 14.7 Å². The van der Waals surface area contributed by atoms with E-state index in [4.69, 9.17) is 5.11 Å². The predicted octanol–water partition coefficient (Wildman–Crippen LogP) is 3.08. The van der Waals surface area contributed by atoms with Gasteiger partial charge in [-0.15, -0.1) is 11.3 Å². The summed E-state index contributed by atoms with van der Waals surface area (Å²) in [5, 5.41) is 16.1. The Morgan fingerprint density at radius 1 is 1.20 bits per heavy atom. The van der Waals surface area contributed by atoms with E-state index in [0.29, 0.717) is 11.5 Å². The molecule has 1 aromatic carbocycles. The van der Waals surface area contributed by atoms with E-state index >= 15 is 0 Å². The molecule has 1 heterocycles.